The smallest absolute Gasteiger partial charge is 0.234 e. The van der Waals surface area contributed by atoms with Crippen molar-refractivity contribution in [2.24, 2.45) is 5.73 Å². The van der Waals surface area contributed by atoms with Gasteiger partial charge in [0.15, 0.2) is 0 Å². The molecule has 0 aromatic heterocycles. The third kappa shape index (κ3) is 3.96. The number of nitrogens with two attached hydrogens (primary N) is 1. The van der Waals surface area contributed by atoms with Crippen LogP contribution in [-0.4, -0.2) is 54.0 Å². The molecule has 2 N–H and O–H groups in total. The van der Waals surface area contributed by atoms with Crippen LogP contribution in [0.5, 0.6) is 0 Å². The SMILES string of the molecule is CCN(CC)CC1CCCCN1C(C)C(N)=O. The summed E-state index contributed by atoms with van der Waals surface area (Å²) in [5, 5.41) is 0. The first kappa shape index (κ1) is 14.5. The highest BCUT2D eigenvalue weighted by Crippen LogP contribution is 2.20. The van der Waals surface area contributed by atoms with Gasteiger partial charge in [-0.25, -0.2) is 0 Å². The van der Waals surface area contributed by atoms with E-state index in [1.807, 2.05) is 6.92 Å². The minimum atomic E-state index is -0.198. The van der Waals surface area contributed by atoms with Crippen molar-refractivity contribution in [2.75, 3.05) is 26.2 Å². The Morgan fingerprint density at radius 2 is 2.06 bits per heavy atom. The first-order valence-electron chi connectivity index (χ1n) is 6.87. The lowest BCUT2D eigenvalue weighted by Gasteiger charge is -2.40. The molecule has 0 bridgehead atoms. The third-order valence-electron chi connectivity index (χ3n) is 3.95. The molecular formula is C13H27N3O. The Kier molecular flexibility index (Phi) is 5.92. The van der Waals surface area contributed by atoms with Crippen LogP contribution < -0.4 is 5.73 Å². The van der Waals surface area contributed by atoms with E-state index in [2.05, 4.69) is 23.6 Å². The van der Waals surface area contributed by atoms with Crippen LogP contribution in [0.25, 0.3) is 0 Å². The number of hydrogen-bond donors (Lipinski definition) is 1. The lowest BCUT2D eigenvalue weighted by molar-refractivity contribution is -0.124. The van der Waals surface area contributed by atoms with Gasteiger partial charge in [0.2, 0.25) is 5.91 Å². The van der Waals surface area contributed by atoms with Gasteiger partial charge in [0, 0.05) is 12.6 Å². The van der Waals surface area contributed by atoms with Crippen molar-refractivity contribution in [2.45, 2.75) is 52.1 Å². The molecule has 1 amide bonds. The van der Waals surface area contributed by atoms with E-state index >= 15 is 0 Å². The van der Waals surface area contributed by atoms with Gasteiger partial charge >= 0.3 is 0 Å². The van der Waals surface area contributed by atoms with Crippen LogP contribution in [0.4, 0.5) is 0 Å². The molecule has 17 heavy (non-hydrogen) atoms. The Hall–Kier alpha value is -0.610. The topological polar surface area (TPSA) is 49.6 Å². The number of amides is 1. The molecule has 1 aliphatic heterocycles. The van der Waals surface area contributed by atoms with Gasteiger partial charge in [-0.3, -0.25) is 9.69 Å². The summed E-state index contributed by atoms with van der Waals surface area (Å²) in [5.41, 5.74) is 5.43. The summed E-state index contributed by atoms with van der Waals surface area (Å²) in [6.07, 6.45) is 3.65. The van der Waals surface area contributed by atoms with E-state index in [0.29, 0.717) is 6.04 Å². The molecule has 1 saturated heterocycles. The van der Waals surface area contributed by atoms with Gasteiger partial charge < -0.3 is 10.6 Å². The van der Waals surface area contributed by atoms with Crippen molar-refractivity contribution >= 4 is 5.91 Å². The maximum absolute atomic E-state index is 11.3. The number of likely N-dealkylation sites (N-methyl/N-ethyl adjacent to an activating group) is 1. The van der Waals surface area contributed by atoms with Crippen LogP contribution in [-0.2, 0) is 4.79 Å². The van der Waals surface area contributed by atoms with Gasteiger partial charge in [0.25, 0.3) is 0 Å². The monoisotopic (exact) mass is 241 g/mol. The highest BCUT2D eigenvalue weighted by atomic mass is 16.1. The van der Waals surface area contributed by atoms with Gasteiger partial charge in [0.05, 0.1) is 6.04 Å². The number of likely N-dealkylation sites (tertiary alicyclic amines) is 1. The van der Waals surface area contributed by atoms with Gasteiger partial charge in [-0.05, 0) is 39.4 Å². The summed E-state index contributed by atoms with van der Waals surface area (Å²) in [4.78, 5) is 16.1. The maximum Gasteiger partial charge on any atom is 0.234 e. The number of nitrogens with zero attached hydrogens (tertiary/aromatic N) is 2. The number of carbonyl (C=O) groups is 1. The van der Waals surface area contributed by atoms with Crippen molar-refractivity contribution < 1.29 is 4.79 Å². The normalized spacial score (nSPS) is 23.9. The quantitative estimate of drug-likeness (QED) is 0.756. The van der Waals surface area contributed by atoms with E-state index in [1.165, 1.54) is 19.3 Å². The van der Waals surface area contributed by atoms with Gasteiger partial charge in [-0.2, -0.15) is 0 Å². The Morgan fingerprint density at radius 3 is 2.59 bits per heavy atom. The summed E-state index contributed by atoms with van der Waals surface area (Å²) < 4.78 is 0. The number of primary amides is 1. The lowest BCUT2D eigenvalue weighted by Crippen LogP contribution is -2.54. The van der Waals surface area contributed by atoms with Crippen molar-refractivity contribution in [3.63, 3.8) is 0 Å². The molecule has 0 aromatic carbocycles. The van der Waals surface area contributed by atoms with Crippen molar-refractivity contribution in [1.29, 1.82) is 0 Å². The van der Waals surface area contributed by atoms with Crippen LogP contribution in [0.1, 0.15) is 40.0 Å². The number of hydrogen-bond acceptors (Lipinski definition) is 3. The Balaban J connectivity index is 2.62. The molecule has 2 unspecified atom stereocenters. The minimum absolute atomic E-state index is 0.129. The van der Waals surface area contributed by atoms with Gasteiger partial charge in [-0.15, -0.1) is 0 Å². The molecule has 1 fully saturated rings. The molecule has 1 aliphatic rings. The zero-order chi connectivity index (χ0) is 12.8. The van der Waals surface area contributed by atoms with E-state index in [4.69, 9.17) is 5.73 Å². The summed E-state index contributed by atoms with van der Waals surface area (Å²) in [7, 11) is 0. The lowest BCUT2D eigenvalue weighted by atomic mass is 9.99. The fourth-order valence-corrected chi connectivity index (χ4v) is 2.67. The van der Waals surface area contributed by atoms with Crippen molar-refractivity contribution in [3.8, 4) is 0 Å². The predicted molar refractivity (Wildman–Crippen MR) is 70.8 cm³/mol. The van der Waals surface area contributed by atoms with E-state index in [1.54, 1.807) is 0 Å². The summed E-state index contributed by atoms with van der Waals surface area (Å²) >= 11 is 0. The molecule has 0 aromatic rings. The van der Waals surface area contributed by atoms with E-state index in [-0.39, 0.29) is 11.9 Å². The molecule has 1 heterocycles. The second-order valence-corrected chi connectivity index (χ2v) is 4.95. The van der Waals surface area contributed by atoms with Crippen molar-refractivity contribution in [3.05, 3.63) is 0 Å². The van der Waals surface area contributed by atoms with Gasteiger partial charge in [-0.1, -0.05) is 20.3 Å². The first-order chi connectivity index (χ1) is 8.10. The number of piperidine rings is 1. The van der Waals surface area contributed by atoms with Crippen LogP contribution >= 0.6 is 0 Å². The fourth-order valence-electron chi connectivity index (χ4n) is 2.67. The zero-order valence-corrected chi connectivity index (χ0v) is 11.5. The van der Waals surface area contributed by atoms with E-state index in [9.17, 15) is 4.79 Å². The molecule has 4 heteroatoms. The Bertz CT molecular complexity index is 241. The van der Waals surface area contributed by atoms with Crippen LogP contribution in [0.3, 0.4) is 0 Å². The van der Waals surface area contributed by atoms with E-state index in [0.717, 1.165) is 26.2 Å². The maximum atomic E-state index is 11.3. The number of carbonyl (C=O) groups excluding carboxylic acids is 1. The third-order valence-corrected chi connectivity index (χ3v) is 3.95. The Morgan fingerprint density at radius 1 is 1.41 bits per heavy atom. The molecule has 0 saturated carbocycles. The molecule has 2 atom stereocenters. The minimum Gasteiger partial charge on any atom is -0.368 e. The number of rotatable bonds is 6. The second-order valence-electron chi connectivity index (χ2n) is 4.95. The highest BCUT2D eigenvalue weighted by molar-refractivity contribution is 5.79. The fraction of sp³-hybridized carbons (Fsp3) is 0.923. The molecular weight excluding hydrogens is 214 g/mol. The van der Waals surface area contributed by atoms with Gasteiger partial charge in [0.1, 0.15) is 0 Å². The van der Waals surface area contributed by atoms with E-state index < -0.39 is 0 Å². The predicted octanol–water partition coefficient (Wildman–Crippen LogP) is 1.06. The summed E-state index contributed by atoms with van der Waals surface area (Å²) in [6, 6.07) is 0.363. The summed E-state index contributed by atoms with van der Waals surface area (Å²) in [5.74, 6) is -0.198. The van der Waals surface area contributed by atoms with Crippen LogP contribution in [0.15, 0.2) is 0 Å². The highest BCUT2D eigenvalue weighted by Gasteiger charge is 2.29. The molecule has 100 valence electrons. The second kappa shape index (κ2) is 6.97. The van der Waals surface area contributed by atoms with Crippen LogP contribution in [0, 0.1) is 0 Å². The largest absolute Gasteiger partial charge is 0.368 e. The standard InChI is InChI=1S/C13H27N3O/c1-4-15(5-2)10-12-8-6-7-9-16(12)11(3)13(14)17/h11-12H,4-10H2,1-3H3,(H2,14,17). The molecule has 1 rings (SSSR count). The zero-order valence-electron chi connectivity index (χ0n) is 11.5. The first-order valence-corrected chi connectivity index (χ1v) is 6.87. The molecule has 0 aliphatic carbocycles. The average Bonchev–Trinajstić information content (AvgIpc) is 2.35. The average molecular weight is 241 g/mol. The van der Waals surface area contributed by atoms with Crippen LogP contribution in [0.2, 0.25) is 0 Å². The molecule has 0 spiro atoms. The Labute approximate surface area is 105 Å². The summed E-state index contributed by atoms with van der Waals surface area (Å²) in [6.45, 7) is 10.5. The van der Waals surface area contributed by atoms with Crippen molar-refractivity contribution in [1.82, 2.24) is 9.80 Å². The molecule has 0 radical (unpaired) electrons. The molecule has 4 nitrogen and oxygen atoms in total.